The molecule has 8 nitrogen and oxygen atoms in total. The van der Waals surface area contributed by atoms with E-state index < -0.39 is 57.8 Å². The molecule has 3 unspecified atom stereocenters. The van der Waals surface area contributed by atoms with Crippen LogP contribution in [0.4, 0.5) is 0 Å². The van der Waals surface area contributed by atoms with Crippen molar-refractivity contribution in [3.63, 3.8) is 0 Å². The van der Waals surface area contributed by atoms with Crippen molar-refractivity contribution in [3.05, 3.63) is 12.7 Å². The SMILES string of the molecule is C=CC(=O)NCC(=O)OC1CCC([Si](O[Si](C)(C)C)(O[Si](C)(C)C)O[Si](C)(C)C)CC1O. The van der Waals surface area contributed by atoms with Gasteiger partial charge in [-0.15, -0.1) is 0 Å². The second-order valence-electron chi connectivity index (χ2n) is 11.3. The van der Waals surface area contributed by atoms with E-state index in [0.29, 0.717) is 19.3 Å². The zero-order chi connectivity index (χ0) is 25.0. The predicted molar refractivity (Wildman–Crippen MR) is 136 cm³/mol. The van der Waals surface area contributed by atoms with E-state index in [1.165, 1.54) is 0 Å². The standard InChI is InChI=1S/C20H43NO7Si4/c1-11-19(23)21-15-20(24)25-18-13-12-16(14-17(18)22)32(26-29(2,3)4,27-30(5,6)7)28-31(8,9)10/h11,16-18,22H,1,12-15H2,2-10H3,(H,21,23). The number of nitrogens with one attached hydrogen (secondary N) is 1. The number of hydrogen-bond donors (Lipinski definition) is 2. The molecule has 0 bridgehead atoms. The first-order valence-electron chi connectivity index (χ1n) is 11.2. The lowest BCUT2D eigenvalue weighted by Crippen LogP contribution is -2.64. The molecule has 12 heteroatoms. The Morgan fingerprint density at radius 1 is 0.938 bits per heavy atom. The fourth-order valence-corrected chi connectivity index (χ4v) is 18.5. The van der Waals surface area contributed by atoms with E-state index in [1.807, 2.05) is 0 Å². The number of esters is 1. The Labute approximate surface area is 197 Å². The molecule has 1 saturated carbocycles. The third-order valence-electron chi connectivity index (χ3n) is 4.48. The highest BCUT2D eigenvalue weighted by atomic mass is 28.5. The van der Waals surface area contributed by atoms with Crippen LogP contribution in [0.15, 0.2) is 12.7 Å². The van der Waals surface area contributed by atoms with Gasteiger partial charge in [-0.05, 0) is 84.3 Å². The minimum Gasteiger partial charge on any atom is -0.458 e. The first-order valence-corrected chi connectivity index (χ1v) is 23.3. The van der Waals surface area contributed by atoms with Crippen LogP contribution in [0.25, 0.3) is 0 Å². The van der Waals surface area contributed by atoms with Gasteiger partial charge in [-0.1, -0.05) is 6.58 Å². The lowest BCUT2D eigenvalue weighted by molar-refractivity contribution is -0.157. The molecule has 0 aromatic carbocycles. The maximum Gasteiger partial charge on any atom is 0.472 e. The molecule has 186 valence electrons. The van der Waals surface area contributed by atoms with Crippen molar-refractivity contribution in [1.29, 1.82) is 0 Å². The van der Waals surface area contributed by atoms with E-state index in [2.05, 4.69) is 70.8 Å². The summed E-state index contributed by atoms with van der Waals surface area (Å²) in [5.41, 5.74) is -0.0573. The van der Waals surface area contributed by atoms with Crippen molar-refractivity contribution in [2.75, 3.05) is 6.54 Å². The highest BCUT2D eigenvalue weighted by Gasteiger charge is 2.57. The molecule has 1 amide bonds. The van der Waals surface area contributed by atoms with Crippen LogP contribution in [0.3, 0.4) is 0 Å². The third kappa shape index (κ3) is 10.5. The first-order chi connectivity index (χ1) is 14.4. The molecule has 0 spiro atoms. The van der Waals surface area contributed by atoms with Crippen LogP contribution in [-0.2, 0) is 26.7 Å². The maximum atomic E-state index is 12.1. The number of aliphatic hydroxyl groups excluding tert-OH is 1. The number of carbonyl (C=O) groups excluding carboxylic acids is 2. The molecule has 3 atom stereocenters. The lowest BCUT2D eigenvalue weighted by atomic mass is 9.94. The molecular weight excluding hydrogens is 479 g/mol. The van der Waals surface area contributed by atoms with Crippen LogP contribution in [0.2, 0.25) is 64.5 Å². The Kier molecular flexibility index (Phi) is 10.3. The highest BCUT2D eigenvalue weighted by molar-refractivity contribution is 6.90. The van der Waals surface area contributed by atoms with Crippen molar-refractivity contribution >= 4 is 45.6 Å². The Bertz CT molecular complexity index is 630. The first kappa shape index (κ1) is 29.4. The molecule has 0 heterocycles. The zero-order valence-corrected chi connectivity index (χ0v) is 25.2. The summed E-state index contributed by atoms with van der Waals surface area (Å²) in [6.45, 7) is 22.3. The third-order valence-corrected chi connectivity index (χ3v) is 16.8. The van der Waals surface area contributed by atoms with Crippen molar-refractivity contribution < 1.29 is 31.8 Å². The fourth-order valence-electron chi connectivity index (χ4n) is 3.61. The molecule has 1 fully saturated rings. The molecule has 2 N–H and O–H groups in total. The van der Waals surface area contributed by atoms with Gasteiger partial charge in [-0.2, -0.15) is 0 Å². The fraction of sp³-hybridized carbons (Fsp3) is 0.800. The Balaban J connectivity index is 3.06. The summed E-state index contributed by atoms with van der Waals surface area (Å²) >= 11 is 0. The van der Waals surface area contributed by atoms with E-state index in [1.54, 1.807) is 0 Å². The molecule has 1 aliphatic rings. The van der Waals surface area contributed by atoms with Crippen LogP contribution in [0, 0.1) is 0 Å². The number of aliphatic hydroxyl groups is 1. The van der Waals surface area contributed by atoms with Gasteiger partial charge in [0, 0.05) is 5.54 Å². The van der Waals surface area contributed by atoms with Crippen molar-refractivity contribution in [2.24, 2.45) is 0 Å². The van der Waals surface area contributed by atoms with Gasteiger partial charge in [-0.25, -0.2) is 0 Å². The largest absolute Gasteiger partial charge is 0.472 e. The topological polar surface area (TPSA) is 103 Å². The monoisotopic (exact) mass is 521 g/mol. The maximum absolute atomic E-state index is 12.1. The van der Waals surface area contributed by atoms with Crippen LogP contribution in [0.1, 0.15) is 19.3 Å². The number of ether oxygens (including phenoxy) is 1. The van der Waals surface area contributed by atoms with Gasteiger partial charge in [0.1, 0.15) is 12.6 Å². The van der Waals surface area contributed by atoms with Crippen LogP contribution in [0.5, 0.6) is 0 Å². The van der Waals surface area contributed by atoms with Gasteiger partial charge in [0.05, 0.1) is 6.10 Å². The quantitative estimate of drug-likeness (QED) is 0.243. The van der Waals surface area contributed by atoms with Crippen LogP contribution < -0.4 is 5.32 Å². The molecule has 0 saturated heterocycles. The summed E-state index contributed by atoms with van der Waals surface area (Å²) in [7, 11) is -9.21. The summed E-state index contributed by atoms with van der Waals surface area (Å²) in [6.07, 6.45) is 1.17. The summed E-state index contributed by atoms with van der Waals surface area (Å²) in [5, 5.41) is 13.3. The van der Waals surface area contributed by atoms with Gasteiger partial charge in [0.25, 0.3) is 0 Å². The van der Waals surface area contributed by atoms with Crippen LogP contribution >= 0.6 is 0 Å². The molecule has 0 aromatic heterocycles. The molecule has 0 aromatic rings. The predicted octanol–water partition coefficient (Wildman–Crippen LogP) is 3.61. The van der Waals surface area contributed by atoms with Crippen molar-refractivity contribution in [3.8, 4) is 0 Å². The van der Waals surface area contributed by atoms with E-state index in [4.69, 9.17) is 17.1 Å². The molecule has 1 rings (SSSR count). The molecular formula is C20H43NO7Si4. The number of rotatable bonds is 11. The molecule has 1 aliphatic carbocycles. The second kappa shape index (κ2) is 11.2. The average molecular weight is 522 g/mol. The summed E-state index contributed by atoms with van der Waals surface area (Å²) in [6, 6.07) is 0. The number of amides is 1. The Hall–Kier alpha value is -0.612. The number of hydrogen-bond acceptors (Lipinski definition) is 7. The summed E-state index contributed by atoms with van der Waals surface area (Å²) in [4.78, 5) is 23.3. The highest BCUT2D eigenvalue weighted by Crippen LogP contribution is 2.43. The summed E-state index contributed by atoms with van der Waals surface area (Å²) < 4.78 is 25.8. The lowest BCUT2D eigenvalue weighted by Gasteiger charge is -2.48. The Morgan fingerprint density at radius 3 is 1.78 bits per heavy atom. The van der Waals surface area contributed by atoms with Crippen LogP contribution in [-0.4, -0.2) is 69.5 Å². The van der Waals surface area contributed by atoms with Gasteiger partial charge in [-0.3, -0.25) is 9.59 Å². The summed E-state index contributed by atoms with van der Waals surface area (Å²) in [5.74, 6) is -1.03. The number of carbonyl (C=O) groups is 2. The Morgan fingerprint density at radius 2 is 1.41 bits per heavy atom. The molecule has 32 heavy (non-hydrogen) atoms. The minimum absolute atomic E-state index is 0.0573. The normalized spacial score (nSPS) is 22.9. The van der Waals surface area contributed by atoms with Crippen molar-refractivity contribution in [1.82, 2.24) is 5.32 Å². The van der Waals surface area contributed by atoms with E-state index in [9.17, 15) is 14.7 Å². The second-order valence-corrected chi connectivity index (χ2v) is 28.4. The van der Waals surface area contributed by atoms with E-state index in [-0.39, 0.29) is 12.1 Å². The van der Waals surface area contributed by atoms with Gasteiger partial charge < -0.3 is 27.5 Å². The van der Waals surface area contributed by atoms with Gasteiger partial charge in [0.15, 0.2) is 25.0 Å². The van der Waals surface area contributed by atoms with Gasteiger partial charge >= 0.3 is 14.8 Å². The zero-order valence-electron chi connectivity index (χ0n) is 21.2. The van der Waals surface area contributed by atoms with Gasteiger partial charge in [0.2, 0.25) is 5.91 Å². The smallest absolute Gasteiger partial charge is 0.458 e. The molecule has 0 aliphatic heterocycles. The van der Waals surface area contributed by atoms with E-state index in [0.717, 1.165) is 6.08 Å². The van der Waals surface area contributed by atoms with E-state index >= 15 is 0 Å². The average Bonchev–Trinajstić information content (AvgIpc) is 2.56. The van der Waals surface area contributed by atoms with Crippen molar-refractivity contribution in [2.45, 2.75) is 95.9 Å². The minimum atomic E-state index is -3.13. The molecule has 0 radical (unpaired) electrons.